The number of carboxylic acid groups (broad SMARTS) is 1. The van der Waals surface area contributed by atoms with E-state index >= 15 is 0 Å². The lowest BCUT2D eigenvalue weighted by Crippen LogP contribution is -2.59. The minimum Gasteiger partial charge on any atom is -0.481 e. The van der Waals surface area contributed by atoms with Gasteiger partial charge in [-0.3, -0.25) is 19.3 Å². The molecule has 2 heterocycles. The van der Waals surface area contributed by atoms with Crippen molar-refractivity contribution in [1.29, 1.82) is 0 Å². The van der Waals surface area contributed by atoms with Gasteiger partial charge in [-0.1, -0.05) is 35.9 Å². The molecule has 1 aromatic carbocycles. The van der Waals surface area contributed by atoms with E-state index in [4.69, 9.17) is 27.9 Å². The van der Waals surface area contributed by atoms with Crippen LogP contribution in [0.1, 0.15) is 38.2 Å². The van der Waals surface area contributed by atoms with Crippen LogP contribution in [0.3, 0.4) is 0 Å². The Balaban J connectivity index is 1.94. The van der Waals surface area contributed by atoms with Crippen LogP contribution in [-0.2, 0) is 24.7 Å². The third-order valence-electron chi connectivity index (χ3n) is 6.74. The van der Waals surface area contributed by atoms with Crippen molar-refractivity contribution in [3.05, 3.63) is 40.4 Å². The van der Waals surface area contributed by atoms with E-state index in [0.29, 0.717) is 22.8 Å². The summed E-state index contributed by atoms with van der Waals surface area (Å²) in [7, 11) is 0. The Morgan fingerprint density at radius 3 is 2.71 bits per heavy atom. The molecule has 1 aromatic rings. The van der Waals surface area contributed by atoms with E-state index in [-0.39, 0.29) is 23.1 Å². The van der Waals surface area contributed by atoms with Crippen molar-refractivity contribution in [2.24, 2.45) is 11.3 Å². The van der Waals surface area contributed by atoms with Crippen LogP contribution in [0.4, 0.5) is 5.69 Å². The maximum absolute atomic E-state index is 13.7. The van der Waals surface area contributed by atoms with Gasteiger partial charge in [0.05, 0.1) is 23.0 Å². The Bertz CT molecular complexity index is 977. The standard InChI is InChI=1S/C22H24Cl2N2O5/c1-3-6-31-19(29)15(9-17(27)28)22(26-11-21(4-5-21)10-12(26)2)14-7-13(23)8-16(24)18(14)25-20(22)30/h3,7-8,12,15H,1,4-6,9-11H2,2H3,(H,25,30)(H,27,28)/t12?,15?,22-/m0/s1. The van der Waals surface area contributed by atoms with E-state index in [1.807, 2.05) is 11.8 Å². The number of likely N-dealkylation sites (tertiary alicyclic amines) is 1. The molecule has 2 N–H and O–H groups in total. The molecule has 4 rings (SSSR count). The highest BCUT2D eigenvalue weighted by Crippen LogP contribution is 2.60. The van der Waals surface area contributed by atoms with Crippen molar-refractivity contribution in [2.75, 3.05) is 18.5 Å². The number of hydrogen-bond donors (Lipinski definition) is 2. The first-order valence-electron chi connectivity index (χ1n) is 10.2. The van der Waals surface area contributed by atoms with Crippen LogP contribution in [0, 0.1) is 11.3 Å². The zero-order valence-corrected chi connectivity index (χ0v) is 18.6. The summed E-state index contributed by atoms with van der Waals surface area (Å²) < 4.78 is 5.28. The minimum absolute atomic E-state index is 0.0551. The second-order valence-electron chi connectivity index (χ2n) is 8.78. The monoisotopic (exact) mass is 466 g/mol. The predicted molar refractivity (Wildman–Crippen MR) is 116 cm³/mol. The van der Waals surface area contributed by atoms with Gasteiger partial charge < -0.3 is 15.2 Å². The Hall–Kier alpha value is -2.09. The Kier molecular flexibility index (Phi) is 5.56. The molecule has 0 aromatic heterocycles. The number of amides is 1. The molecule has 2 fully saturated rings. The quantitative estimate of drug-likeness (QED) is 0.468. The van der Waals surface area contributed by atoms with Crippen LogP contribution in [0.2, 0.25) is 10.0 Å². The third kappa shape index (κ3) is 3.52. The van der Waals surface area contributed by atoms with Crippen molar-refractivity contribution in [1.82, 2.24) is 4.90 Å². The van der Waals surface area contributed by atoms with Crippen LogP contribution in [0.25, 0.3) is 0 Å². The fraction of sp³-hybridized carbons (Fsp3) is 0.500. The van der Waals surface area contributed by atoms with Crippen LogP contribution >= 0.6 is 23.2 Å². The average molecular weight is 467 g/mol. The number of nitrogens with zero attached hydrogens (tertiary/aromatic N) is 1. The molecule has 3 aliphatic rings. The summed E-state index contributed by atoms with van der Waals surface area (Å²) in [6.07, 6.45) is 3.77. The molecular weight excluding hydrogens is 443 g/mol. The number of fused-ring (bicyclic) bond motifs is 1. The van der Waals surface area contributed by atoms with Gasteiger partial charge in [-0.25, -0.2) is 0 Å². The van der Waals surface area contributed by atoms with Gasteiger partial charge in [0.1, 0.15) is 12.1 Å². The van der Waals surface area contributed by atoms with Crippen LogP contribution < -0.4 is 5.32 Å². The number of carboxylic acids is 1. The number of carbonyl (C=O) groups is 3. The molecule has 1 aliphatic carbocycles. The summed E-state index contributed by atoms with van der Waals surface area (Å²) in [6.45, 7) is 6.03. The molecule has 0 bridgehead atoms. The normalized spacial score (nSPS) is 26.9. The highest BCUT2D eigenvalue weighted by atomic mass is 35.5. The number of carbonyl (C=O) groups excluding carboxylic acids is 2. The summed E-state index contributed by atoms with van der Waals surface area (Å²) >= 11 is 12.7. The number of rotatable bonds is 7. The van der Waals surface area contributed by atoms with E-state index < -0.39 is 35.7 Å². The van der Waals surface area contributed by atoms with Crippen LogP contribution in [0.5, 0.6) is 0 Å². The maximum atomic E-state index is 13.7. The third-order valence-corrected chi connectivity index (χ3v) is 7.25. The lowest BCUT2D eigenvalue weighted by molar-refractivity contribution is -0.163. The van der Waals surface area contributed by atoms with Crippen molar-refractivity contribution in [3.63, 3.8) is 0 Å². The Labute approximate surface area is 190 Å². The molecule has 7 nitrogen and oxygen atoms in total. The van der Waals surface area contributed by atoms with Gasteiger partial charge >= 0.3 is 11.9 Å². The lowest BCUT2D eigenvalue weighted by Gasteiger charge is -2.43. The molecule has 2 unspecified atom stereocenters. The second-order valence-corrected chi connectivity index (χ2v) is 9.62. The summed E-state index contributed by atoms with van der Waals surface area (Å²) in [5.41, 5.74) is -0.726. The highest BCUT2D eigenvalue weighted by Gasteiger charge is 2.65. The first-order valence-corrected chi connectivity index (χ1v) is 11.0. The van der Waals surface area contributed by atoms with Gasteiger partial charge in [0, 0.05) is 23.2 Å². The van der Waals surface area contributed by atoms with Crippen molar-refractivity contribution in [2.45, 2.75) is 44.2 Å². The van der Waals surface area contributed by atoms with Crippen LogP contribution in [0.15, 0.2) is 24.8 Å². The van der Waals surface area contributed by atoms with Gasteiger partial charge in [0.25, 0.3) is 5.91 Å². The first kappa shape index (κ1) is 22.1. The fourth-order valence-corrected chi connectivity index (χ4v) is 5.85. The summed E-state index contributed by atoms with van der Waals surface area (Å²) in [6, 6.07) is 3.05. The van der Waals surface area contributed by atoms with Gasteiger partial charge in [0.2, 0.25) is 0 Å². The minimum atomic E-state index is -1.59. The van der Waals surface area contributed by atoms with E-state index in [2.05, 4.69) is 11.9 Å². The molecule has 3 atom stereocenters. The Morgan fingerprint density at radius 1 is 1.42 bits per heavy atom. The van der Waals surface area contributed by atoms with E-state index in [0.717, 1.165) is 19.3 Å². The number of esters is 1. The fourth-order valence-electron chi connectivity index (χ4n) is 5.31. The SMILES string of the molecule is C=CCOC(=O)C(CC(=O)O)[C@]1(N2CC3(CC3)CC2C)C(=O)Nc2c(Cl)cc(Cl)cc21. The molecule has 1 saturated heterocycles. The van der Waals surface area contributed by atoms with Gasteiger partial charge in [0.15, 0.2) is 0 Å². The van der Waals surface area contributed by atoms with Gasteiger partial charge in [-0.15, -0.1) is 0 Å². The average Bonchev–Trinajstić information content (AvgIpc) is 3.27. The number of halogens is 2. The zero-order valence-electron chi connectivity index (χ0n) is 17.1. The number of hydrogen-bond acceptors (Lipinski definition) is 5. The van der Waals surface area contributed by atoms with Crippen molar-refractivity contribution < 1.29 is 24.2 Å². The topological polar surface area (TPSA) is 95.9 Å². The molecule has 1 spiro atoms. The molecular formula is C22H24Cl2N2O5. The molecule has 2 aliphatic heterocycles. The van der Waals surface area contributed by atoms with E-state index in [9.17, 15) is 19.5 Å². The molecule has 1 amide bonds. The smallest absolute Gasteiger partial charge is 0.312 e. The van der Waals surface area contributed by atoms with Crippen molar-refractivity contribution in [3.8, 4) is 0 Å². The number of ether oxygens (including phenoxy) is 1. The molecule has 0 radical (unpaired) electrons. The second kappa shape index (κ2) is 7.80. The largest absolute Gasteiger partial charge is 0.481 e. The van der Waals surface area contributed by atoms with E-state index in [1.54, 1.807) is 6.07 Å². The molecule has 31 heavy (non-hydrogen) atoms. The molecule has 166 valence electrons. The number of aliphatic carboxylic acids is 1. The molecule has 1 saturated carbocycles. The first-order chi connectivity index (χ1) is 14.6. The summed E-state index contributed by atoms with van der Waals surface area (Å²) in [5, 5.41) is 13.0. The zero-order chi connectivity index (χ0) is 22.6. The van der Waals surface area contributed by atoms with Crippen molar-refractivity contribution >= 4 is 46.7 Å². The number of anilines is 1. The number of nitrogens with one attached hydrogen (secondary N) is 1. The highest BCUT2D eigenvalue weighted by molar-refractivity contribution is 6.38. The van der Waals surface area contributed by atoms with Gasteiger partial charge in [-0.05, 0) is 43.7 Å². The summed E-state index contributed by atoms with van der Waals surface area (Å²) in [4.78, 5) is 40.7. The summed E-state index contributed by atoms with van der Waals surface area (Å²) in [5.74, 6) is -3.76. The predicted octanol–water partition coefficient (Wildman–Crippen LogP) is 3.84. The maximum Gasteiger partial charge on any atom is 0.312 e. The molecule has 9 heteroatoms. The lowest BCUT2D eigenvalue weighted by atomic mass is 9.75. The Morgan fingerprint density at radius 2 is 2.13 bits per heavy atom. The van der Waals surface area contributed by atoms with Crippen LogP contribution in [-0.4, -0.2) is 47.0 Å². The van der Waals surface area contributed by atoms with E-state index in [1.165, 1.54) is 12.1 Å². The van der Waals surface area contributed by atoms with Gasteiger partial charge in [-0.2, -0.15) is 0 Å². The number of benzene rings is 1.